The molecular weight excluding hydrogens is 302 g/mol. The fourth-order valence-electron chi connectivity index (χ4n) is 3.22. The number of fused-ring (bicyclic) bond motifs is 1. The van der Waals surface area contributed by atoms with Crippen LogP contribution in [0.3, 0.4) is 0 Å². The summed E-state index contributed by atoms with van der Waals surface area (Å²) in [6, 6.07) is 1.35. The van der Waals surface area contributed by atoms with Crippen LogP contribution in [-0.2, 0) is 13.0 Å². The van der Waals surface area contributed by atoms with Crippen LogP contribution in [0.15, 0.2) is 6.07 Å². The van der Waals surface area contributed by atoms with Crippen molar-refractivity contribution < 1.29 is 14.8 Å². The van der Waals surface area contributed by atoms with Crippen molar-refractivity contribution in [3.05, 3.63) is 21.4 Å². The number of hydrogen-bond donors (Lipinski definition) is 2. The largest absolute Gasteiger partial charge is 0.351 e. The van der Waals surface area contributed by atoms with Crippen LogP contribution in [0.1, 0.15) is 52.2 Å². The fraction of sp³-hybridized carbons (Fsp3) is 0.600. The Bertz CT molecular complexity index is 581. The van der Waals surface area contributed by atoms with E-state index in [9.17, 15) is 14.8 Å². The third-order valence-corrected chi connectivity index (χ3v) is 5.68. The summed E-state index contributed by atoms with van der Waals surface area (Å²) in [5.41, 5.74) is 6.40. The zero-order valence-corrected chi connectivity index (χ0v) is 13.3. The fourth-order valence-corrected chi connectivity index (χ4v) is 4.38. The van der Waals surface area contributed by atoms with Gasteiger partial charge < -0.3 is 10.6 Å². The number of amides is 3. The van der Waals surface area contributed by atoms with Crippen molar-refractivity contribution in [2.75, 3.05) is 6.54 Å². The number of urea groups is 1. The highest BCUT2D eigenvalue weighted by atomic mass is 32.1. The number of rotatable bonds is 2. The van der Waals surface area contributed by atoms with E-state index in [1.54, 1.807) is 4.90 Å². The average Bonchev–Trinajstić information content (AvgIpc) is 2.97. The summed E-state index contributed by atoms with van der Waals surface area (Å²) in [7, 11) is 0. The van der Waals surface area contributed by atoms with Crippen molar-refractivity contribution in [2.24, 2.45) is 5.73 Å². The summed E-state index contributed by atoms with van der Waals surface area (Å²) < 4.78 is 0. The summed E-state index contributed by atoms with van der Waals surface area (Å²) in [5.74, 6) is -0.322. The van der Waals surface area contributed by atoms with E-state index in [1.165, 1.54) is 17.8 Å². The Kier molecular flexibility index (Phi) is 4.35. The normalized spacial score (nSPS) is 18.9. The number of nitrogens with zero attached hydrogens (tertiary/aromatic N) is 2. The van der Waals surface area contributed by atoms with Gasteiger partial charge in [0.15, 0.2) is 0 Å². The molecule has 22 heavy (non-hydrogen) atoms. The number of hydroxylamine groups is 2. The highest BCUT2D eigenvalue weighted by Crippen LogP contribution is 2.30. The minimum absolute atomic E-state index is 0.0671. The van der Waals surface area contributed by atoms with Gasteiger partial charge in [-0.25, -0.2) is 9.86 Å². The van der Waals surface area contributed by atoms with Crippen LogP contribution < -0.4 is 5.73 Å². The lowest BCUT2D eigenvalue weighted by Crippen LogP contribution is -2.38. The molecule has 0 aromatic carbocycles. The van der Waals surface area contributed by atoms with Gasteiger partial charge in [0.25, 0.3) is 5.91 Å². The van der Waals surface area contributed by atoms with E-state index in [0.717, 1.165) is 41.2 Å². The maximum Gasteiger partial charge on any atom is 0.315 e. The monoisotopic (exact) mass is 323 g/mol. The summed E-state index contributed by atoms with van der Waals surface area (Å²) in [6.45, 7) is 1.04. The van der Waals surface area contributed by atoms with E-state index in [4.69, 9.17) is 5.73 Å². The summed E-state index contributed by atoms with van der Waals surface area (Å²) in [5, 5.41) is 11.1. The quantitative estimate of drug-likeness (QED) is 0.647. The van der Waals surface area contributed by atoms with E-state index < -0.39 is 6.03 Å². The van der Waals surface area contributed by atoms with Gasteiger partial charge in [0.2, 0.25) is 0 Å². The second-order valence-electron chi connectivity index (χ2n) is 6.01. The molecule has 1 aliphatic heterocycles. The number of hydrogen-bond acceptors (Lipinski definition) is 4. The van der Waals surface area contributed by atoms with Crippen LogP contribution in [-0.4, -0.2) is 39.7 Å². The molecule has 0 radical (unpaired) electrons. The van der Waals surface area contributed by atoms with Crippen molar-refractivity contribution in [1.82, 2.24) is 9.96 Å². The predicted molar refractivity (Wildman–Crippen MR) is 82.8 cm³/mol. The second-order valence-corrected chi connectivity index (χ2v) is 7.15. The summed E-state index contributed by atoms with van der Waals surface area (Å²) in [6.07, 6.45) is 5.73. The molecule has 120 valence electrons. The van der Waals surface area contributed by atoms with Gasteiger partial charge in [0.05, 0.1) is 17.5 Å². The standard InChI is InChI=1S/C15H21N3O3S/c16-15(20)17-7-6-10-8-12(22-13(10)9-17)14(19)18(21)11-4-2-1-3-5-11/h8,11,21H,1-7,9H2,(H2,16,20). The van der Waals surface area contributed by atoms with Crippen molar-refractivity contribution in [3.8, 4) is 0 Å². The Morgan fingerprint density at radius 2 is 2.05 bits per heavy atom. The highest BCUT2D eigenvalue weighted by Gasteiger charge is 2.28. The van der Waals surface area contributed by atoms with Crippen molar-refractivity contribution in [2.45, 2.75) is 51.1 Å². The lowest BCUT2D eigenvalue weighted by molar-refractivity contribution is -0.0960. The maximum absolute atomic E-state index is 12.5. The first-order chi connectivity index (χ1) is 10.6. The van der Waals surface area contributed by atoms with E-state index in [-0.39, 0.29) is 11.9 Å². The average molecular weight is 323 g/mol. The van der Waals surface area contributed by atoms with E-state index >= 15 is 0 Å². The van der Waals surface area contributed by atoms with Crippen LogP contribution in [0.5, 0.6) is 0 Å². The van der Waals surface area contributed by atoms with Gasteiger partial charge in [0.1, 0.15) is 0 Å². The molecule has 1 aromatic heterocycles. The van der Waals surface area contributed by atoms with E-state index in [1.807, 2.05) is 6.07 Å². The van der Waals surface area contributed by atoms with Gasteiger partial charge in [-0.05, 0) is 30.9 Å². The number of thiophene rings is 1. The van der Waals surface area contributed by atoms with Gasteiger partial charge in [-0.2, -0.15) is 0 Å². The van der Waals surface area contributed by atoms with Gasteiger partial charge in [-0.1, -0.05) is 19.3 Å². The lowest BCUT2D eigenvalue weighted by Gasteiger charge is -2.28. The molecule has 0 bridgehead atoms. The molecule has 3 amide bonds. The number of carbonyl (C=O) groups is 2. The van der Waals surface area contributed by atoms with E-state index in [2.05, 4.69) is 0 Å². The molecule has 1 aliphatic carbocycles. The third-order valence-electron chi connectivity index (χ3n) is 4.53. The third kappa shape index (κ3) is 2.96. The molecule has 0 spiro atoms. The van der Waals surface area contributed by atoms with Crippen LogP contribution in [0.25, 0.3) is 0 Å². The Balaban J connectivity index is 1.73. The van der Waals surface area contributed by atoms with Crippen LogP contribution in [0, 0.1) is 0 Å². The zero-order chi connectivity index (χ0) is 15.7. The molecule has 1 saturated carbocycles. The Labute approximate surface area is 133 Å². The van der Waals surface area contributed by atoms with Gasteiger partial charge in [0, 0.05) is 11.4 Å². The first-order valence-corrected chi connectivity index (χ1v) is 8.56. The number of carbonyl (C=O) groups excluding carboxylic acids is 2. The molecule has 0 atom stereocenters. The smallest absolute Gasteiger partial charge is 0.315 e. The van der Waals surface area contributed by atoms with Crippen LogP contribution in [0.4, 0.5) is 4.79 Å². The molecule has 3 rings (SSSR count). The first-order valence-electron chi connectivity index (χ1n) is 7.74. The van der Waals surface area contributed by atoms with Crippen LogP contribution in [0.2, 0.25) is 0 Å². The minimum Gasteiger partial charge on any atom is -0.351 e. The Morgan fingerprint density at radius 1 is 1.32 bits per heavy atom. The molecule has 7 heteroatoms. The molecule has 1 aromatic rings. The molecule has 6 nitrogen and oxygen atoms in total. The SMILES string of the molecule is NC(=O)N1CCc2cc(C(=O)N(O)C3CCCCC3)sc2C1. The van der Waals surface area contributed by atoms with Crippen molar-refractivity contribution in [3.63, 3.8) is 0 Å². The predicted octanol–water partition coefficient (Wildman–Crippen LogP) is 2.35. The molecular formula is C15H21N3O3S. The Morgan fingerprint density at radius 3 is 2.73 bits per heavy atom. The summed E-state index contributed by atoms with van der Waals surface area (Å²) in [4.78, 5) is 26.8. The Hall–Kier alpha value is -1.60. The van der Waals surface area contributed by atoms with Crippen molar-refractivity contribution >= 4 is 23.3 Å². The molecule has 0 unspecified atom stereocenters. The number of nitrogens with two attached hydrogens (primary N) is 1. The maximum atomic E-state index is 12.5. The van der Waals surface area contributed by atoms with E-state index in [0.29, 0.717) is 24.4 Å². The topological polar surface area (TPSA) is 86.9 Å². The molecule has 3 N–H and O–H groups in total. The van der Waals surface area contributed by atoms with Crippen molar-refractivity contribution in [1.29, 1.82) is 0 Å². The summed E-state index contributed by atoms with van der Waals surface area (Å²) >= 11 is 1.36. The van der Waals surface area contributed by atoms with Gasteiger partial charge >= 0.3 is 6.03 Å². The lowest BCUT2D eigenvalue weighted by atomic mass is 9.95. The molecule has 1 fully saturated rings. The van der Waals surface area contributed by atoms with Gasteiger partial charge in [-0.15, -0.1) is 11.3 Å². The molecule has 2 heterocycles. The molecule has 2 aliphatic rings. The zero-order valence-electron chi connectivity index (χ0n) is 12.5. The number of primary amides is 1. The highest BCUT2D eigenvalue weighted by molar-refractivity contribution is 7.14. The second kappa shape index (κ2) is 6.26. The molecule has 0 saturated heterocycles. The minimum atomic E-state index is -0.432. The van der Waals surface area contributed by atoms with Gasteiger partial charge in [-0.3, -0.25) is 10.0 Å². The van der Waals surface area contributed by atoms with Crippen LogP contribution >= 0.6 is 11.3 Å². The first kappa shape index (κ1) is 15.3.